The highest BCUT2D eigenvalue weighted by molar-refractivity contribution is 7.86. The van der Waals surface area contributed by atoms with Gasteiger partial charge in [-0.1, -0.05) is 0 Å². The van der Waals surface area contributed by atoms with Crippen LogP contribution in [0.25, 0.3) is 0 Å². The highest BCUT2D eigenvalue weighted by atomic mass is 32.2. The van der Waals surface area contributed by atoms with Gasteiger partial charge in [-0.05, 0) is 0 Å². The van der Waals surface area contributed by atoms with Gasteiger partial charge >= 0.3 is 15.4 Å². The van der Waals surface area contributed by atoms with Crippen LogP contribution in [0.4, 0.5) is 8.78 Å². The lowest BCUT2D eigenvalue weighted by Gasteiger charge is -2.13. The maximum Gasteiger partial charge on any atom is 0.392 e. The summed E-state index contributed by atoms with van der Waals surface area (Å²) in [6.45, 7) is 0.218. The topological polar surface area (TPSA) is 94.6 Å². The van der Waals surface area contributed by atoms with Gasteiger partial charge in [0.2, 0.25) is 0 Å². The summed E-state index contributed by atoms with van der Waals surface area (Å²) in [4.78, 5) is 0. The van der Waals surface area contributed by atoms with Crippen LogP contribution in [0.3, 0.4) is 0 Å². The van der Waals surface area contributed by atoms with Crippen molar-refractivity contribution in [2.75, 3.05) is 46.2 Å². The summed E-state index contributed by atoms with van der Waals surface area (Å²) in [5.41, 5.74) is 0. The number of ether oxygens (including phenoxy) is 4. The first-order chi connectivity index (χ1) is 8.83. The first kappa shape index (κ1) is 16.7. The van der Waals surface area contributed by atoms with Gasteiger partial charge in [0, 0.05) is 0 Å². The van der Waals surface area contributed by atoms with E-state index in [1.165, 1.54) is 0 Å². The molecule has 7 nitrogen and oxygen atoms in total. The zero-order valence-corrected chi connectivity index (χ0v) is 10.9. The molecule has 0 aromatic heterocycles. The van der Waals surface area contributed by atoms with E-state index in [0.717, 1.165) is 0 Å². The maximum absolute atomic E-state index is 12.7. The molecular weight excluding hydrogens is 290 g/mol. The number of epoxide rings is 1. The molecule has 1 atom stereocenters. The molecule has 0 spiro atoms. The highest BCUT2D eigenvalue weighted by Gasteiger charge is 2.44. The van der Waals surface area contributed by atoms with E-state index in [-0.39, 0.29) is 25.9 Å². The molecule has 0 aromatic carbocycles. The molecule has 1 aliphatic heterocycles. The van der Waals surface area contributed by atoms with Gasteiger partial charge in [0.05, 0.1) is 39.6 Å². The van der Waals surface area contributed by atoms with Crippen LogP contribution < -0.4 is 0 Å². The molecule has 0 amide bonds. The molecule has 1 heterocycles. The van der Waals surface area contributed by atoms with Crippen molar-refractivity contribution in [2.24, 2.45) is 0 Å². The summed E-state index contributed by atoms with van der Waals surface area (Å²) in [5, 5.41) is -4.31. The summed E-state index contributed by atoms with van der Waals surface area (Å²) in [5.74, 6) is 0. The molecule has 0 aliphatic carbocycles. The van der Waals surface area contributed by atoms with Crippen LogP contribution in [0.15, 0.2) is 0 Å². The molecule has 1 aliphatic rings. The Kier molecular flexibility index (Phi) is 6.50. The average Bonchev–Trinajstić information content (AvgIpc) is 3.09. The second-order valence-electron chi connectivity index (χ2n) is 3.81. The van der Waals surface area contributed by atoms with Gasteiger partial charge in [-0.15, -0.1) is 0 Å². The number of halogens is 2. The largest absolute Gasteiger partial charge is 0.392 e. The van der Waals surface area contributed by atoms with Crippen molar-refractivity contribution in [1.82, 2.24) is 0 Å². The van der Waals surface area contributed by atoms with E-state index < -0.39 is 22.0 Å². The Morgan fingerprint density at radius 2 is 1.68 bits per heavy atom. The van der Waals surface area contributed by atoms with Crippen LogP contribution in [0, 0.1) is 0 Å². The van der Waals surface area contributed by atoms with Gasteiger partial charge in [-0.2, -0.15) is 17.2 Å². The van der Waals surface area contributed by atoms with E-state index in [4.69, 9.17) is 18.8 Å². The van der Waals surface area contributed by atoms with Crippen LogP contribution >= 0.6 is 0 Å². The Balaban J connectivity index is 1.90. The molecule has 1 fully saturated rings. The lowest BCUT2D eigenvalue weighted by atomic mass is 10.5. The number of alkyl halides is 2. The van der Waals surface area contributed by atoms with Crippen molar-refractivity contribution in [2.45, 2.75) is 11.4 Å². The smallest absolute Gasteiger partial charge is 0.377 e. The summed E-state index contributed by atoms with van der Waals surface area (Å²) >= 11 is 0. The third-order valence-electron chi connectivity index (χ3n) is 2.10. The predicted molar refractivity (Wildman–Crippen MR) is 58.7 cm³/mol. The summed E-state index contributed by atoms with van der Waals surface area (Å²) < 4.78 is 73.4. The second-order valence-corrected chi connectivity index (χ2v) is 5.36. The van der Waals surface area contributed by atoms with Gasteiger partial charge in [0.1, 0.15) is 12.7 Å². The van der Waals surface area contributed by atoms with E-state index in [1.807, 2.05) is 0 Å². The van der Waals surface area contributed by atoms with Crippen LogP contribution in [-0.2, 0) is 29.1 Å². The van der Waals surface area contributed by atoms with Crippen molar-refractivity contribution < 1.29 is 40.7 Å². The molecule has 1 N–H and O–H groups in total. The fraction of sp³-hybridized carbons (Fsp3) is 1.00. The van der Waals surface area contributed by atoms with E-state index in [1.54, 1.807) is 0 Å². The zero-order valence-electron chi connectivity index (χ0n) is 10.1. The van der Waals surface area contributed by atoms with Crippen LogP contribution in [0.1, 0.15) is 0 Å². The molecule has 10 heteroatoms. The minimum Gasteiger partial charge on any atom is -0.377 e. The van der Waals surface area contributed by atoms with E-state index in [0.29, 0.717) is 19.8 Å². The number of hydrogen-bond acceptors (Lipinski definition) is 6. The van der Waals surface area contributed by atoms with Crippen molar-refractivity contribution >= 4 is 10.1 Å². The number of rotatable bonds is 11. The molecule has 0 aromatic rings. The van der Waals surface area contributed by atoms with Crippen molar-refractivity contribution in [3.8, 4) is 0 Å². The fourth-order valence-electron chi connectivity index (χ4n) is 0.982. The Morgan fingerprint density at radius 1 is 1.16 bits per heavy atom. The Morgan fingerprint density at radius 3 is 2.21 bits per heavy atom. The molecule has 0 radical (unpaired) electrons. The van der Waals surface area contributed by atoms with Crippen LogP contribution in [0.2, 0.25) is 0 Å². The molecule has 0 saturated carbocycles. The maximum atomic E-state index is 12.7. The molecule has 114 valence electrons. The van der Waals surface area contributed by atoms with E-state index in [2.05, 4.69) is 4.74 Å². The summed E-state index contributed by atoms with van der Waals surface area (Å²) in [6, 6.07) is 0. The first-order valence-corrected chi connectivity index (χ1v) is 6.96. The minimum absolute atomic E-state index is 0.0187. The predicted octanol–water partition coefficient (Wildman–Crippen LogP) is -0.0844. The molecule has 19 heavy (non-hydrogen) atoms. The Labute approximate surface area is 109 Å². The van der Waals surface area contributed by atoms with Crippen molar-refractivity contribution in [3.63, 3.8) is 0 Å². The van der Waals surface area contributed by atoms with Crippen LogP contribution in [-0.4, -0.2) is 70.6 Å². The standard InChI is InChI=1S/C9H16F2O7S/c10-9(11,19(12,13)14)7-17-4-2-15-1-3-16-5-8-6-18-8/h8H,1-7H2,(H,12,13,14). The van der Waals surface area contributed by atoms with Crippen molar-refractivity contribution in [1.29, 1.82) is 0 Å². The molecule has 1 saturated heterocycles. The lowest BCUT2D eigenvalue weighted by molar-refractivity contribution is -0.0421. The van der Waals surface area contributed by atoms with E-state index in [9.17, 15) is 17.2 Å². The normalized spacial score (nSPS) is 19.6. The third-order valence-corrected chi connectivity index (χ3v) is 2.97. The van der Waals surface area contributed by atoms with Crippen molar-refractivity contribution in [3.05, 3.63) is 0 Å². The molecule has 1 unspecified atom stereocenters. The van der Waals surface area contributed by atoms with Gasteiger partial charge in [0.25, 0.3) is 0 Å². The number of hydrogen-bond donors (Lipinski definition) is 1. The van der Waals surface area contributed by atoms with Gasteiger partial charge in [-0.3, -0.25) is 4.55 Å². The Bertz CT molecular complexity index is 356. The van der Waals surface area contributed by atoms with Gasteiger partial charge in [0.15, 0.2) is 0 Å². The van der Waals surface area contributed by atoms with Crippen LogP contribution in [0.5, 0.6) is 0 Å². The first-order valence-electron chi connectivity index (χ1n) is 5.52. The summed E-state index contributed by atoms with van der Waals surface area (Å²) in [7, 11) is -5.44. The molecular formula is C9H16F2O7S. The fourth-order valence-corrected chi connectivity index (χ4v) is 1.21. The van der Waals surface area contributed by atoms with Gasteiger partial charge < -0.3 is 18.9 Å². The zero-order chi connectivity index (χ0) is 14.4. The minimum atomic E-state index is -5.44. The average molecular weight is 306 g/mol. The SMILES string of the molecule is O=S(=O)(O)C(F)(F)COCCOCCOCC1CO1. The quantitative estimate of drug-likeness (QED) is 0.324. The highest BCUT2D eigenvalue weighted by Crippen LogP contribution is 2.20. The third kappa shape index (κ3) is 7.09. The molecule has 0 bridgehead atoms. The lowest BCUT2D eigenvalue weighted by Crippen LogP contribution is -2.34. The monoisotopic (exact) mass is 306 g/mol. The van der Waals surface area contributed by atoms with E-state index >= 15 is 0 Å². The second kappa shape index (κ2) is 7.41. The summed E-state index contributed by atoms with van der Waals surface area (Å²) in [6.07, 6.45) is 0.172. The Hall–Kier alpha value is -0.390. The van der Waals surface area contributed by atoms with Gasteiger partial charge in [-0.25, -0.2) is 0 Å². The molecule has 1 rings (SSSR count).